The van der Waals surface area contributed by atoms with Crippen LogP contribution in [0, 0.1) is 6.92 Å². The predicted molar refractivity (Wildman–Crippen MR) is 107 cm³/mol. The molecule has 1 atom stereocenters. The minimum absolute atomic E-state index is 0.316. The van der Waals surface area contributed by atoms with E-state index in [2.05, 4.69) is 5.32 Å². The number of amides is 1. The van der Waals surface area contributed by atoms with E-state index < -0.39 is 12.1 Å². The van der Waals surface area contributed by atoms with Crippen LogP contribution in [0.25, 0.3) is 0 Å². The molecule has 2 aromatic carbocycles. The second-order valence-electron chi connectivity index (χ2n) is 6.17. The Morgan fingerprint density at radius 1 is 0.964 bits per heavy atom. The van der Waals surface area contributed by atoms with E-state index in [1.807, 2.05) is 25.1 Å². The van der Waals surface area contributed by atoms with Crippen molar-refractivity contribution in [1.29, 1.82) is 0 Å². The number of benzene rings is 2. The number of carbonyl (C=O) groups excluding carboxylic acids is 3. The Morgan fingerprint density at radius 3 is 2.32 bits per heavy atom. The van der Waals surface area contributed by atoms with Crippen LogP contribution < -0.4 is 5.32 Å². The summed E-state index contributed by atoms with van der Waals surface area (Å²) in [5.41, 5.74) is 2.06. The van der Waals surface area contributed by atoms with Gasteiger partial charge in [-0.1, -0.05) is 66.2 Å². The number of ether oxygens (including phenoxy) is 1. The van der Waals surface area contributed by atoms with Gasteiger partial charge >= 0.3 is 5.97 Å². The van der Waals surface area contributed by atoms with Gasteiger partial charge in [-0.05, 0) is 18.4 Å². The number of aryl methyl sites for hydroxylation is 1. The summed E-state index contributed by atoms with van der Waals surface area (Å²) in [7, 11) is 0. The summed E-state index contributed by atoms with van der Waals surface area (Å²) in [6.45, 7) is 1.61. The fraction of sp³-hybridized carbons (Fsp3) is 0.136. The molecule has 28 heavy (non-hydrogen) atoms. The first-order valence-corrected chi connectivity index (χ1v) is 9.59. The lowest BCUT2D eigenvalue weighted by Crippen LogP contribution is -2.32. The summed E-state index contributed by atoms with van der Waals surface area (Å²) in [6, 6.07) is 19.3. The summed E-state index contributed by atoms with van der Waals surface area (Å²) in [5.74, 6) is -1.35. The van der Waals surface area contributed by atoms with Crippen LogP contribution in [-0.2, 0) is 9.53 Å². The smallest absolute Gasteiger partial charge is 0.326 e. The SMILES string of the molecule is Cc1ccc(C(=O)[C@@H](OC(=O)CNC(=O)c2cccs2)c2ccccc2)cc1. The van der Waals surface area contributed by atoms with Crippen LogP contribution in [-0.4, -0.2) is 24.2 Å². The molecule has 0 fully saturated rings. The van der Waals surface area contributed by atoms with E-state index in [1.165, 1.54) is 11.3 Å². The van der Waals surface area contributed by atoms with Gasteiger partial charge in [0.05, 0.1) is 4.88 Å². The molecule has 3 rings (SSSR count). The maximum absolute atomic E-state index is 13.0. The van der Waals surface area contributed by atoms with E-state index in [4.69, 9.17) is 4.74 Å². The van der Waals surface area contributed by atoms with Crippen LogP contribution >= 0.6 is 11.3 Å². The number of rotatable bonds is 7. The van der Waals surface area contributed by atoms with Gasteiger partial charge in [0.1, 0.15) is 6.54 Å². The average molecular weight is 393 g/mol. The monoisotopic (exact) mass is 393 g/mol. The maximum Gasteiger partial charge on any atom is 0.326 e. The third kappa shape index (κ3) is 4.92. The first kappa shape index (κ1) is 19.5. The van der Waals surface area contributed by atoms with Crippen molar-refractivity contribution < 1.29 is 19.1 Å². The van der Waals surface area contributed by atoms with Gasteiger partial charge in [0.2, 0.25) is 5.78 Å². The van der Waals surface area contributed by atoms with Crippen molar-refractivity contribution >= 4 is 29.0 Å². The van der Waals surface area contributed by atoms with Gasteiger partial charge in [0.15, 0.2) is 6.10 Å². The Kier molecular flexibility index (Phi) is 6.34. The van der Waals surface area contributed by atoms with E-state index in [0.29, 0.717) is 16.0 Å². The van der Waals surface area contributed by atoms with Crippen molar-refractivity contribution in [2.45, 2.75) is 13.0 Å². The average Bonchev–Trinajstić information content (AvgIpc) is 3.26. The van der Waals surface area contributed by atoms with Gasteiger partial charge in [-0.15, -0.1) is 11.3 Å². The molecule has 0 spiro atoms. The quantitative estimate of drug-likeness (QED) is 0.487. The molecule has 0 aliphatic carbocycles. The molecule has 0 aliphatic heterocycles. The number of thiophene rings is 1. The zero-order chi connectivity index (χ0) is 19.9. The second-order valence-corrected chi connectivity index (χ2v) is 7.12. The van der Waals surface area contributed by atoms with Crippen molar-refractivity contribution in [3.05, 3.63) is 93.7 Å². The normalized spacial score (nSPS) is 11.5. The van der Waals surface area contributed by atoms with Gasteiger partial charge in [-0.3, -0.25) is 14.4 Å². The summed E-state index contributed by atoms with van der Waals surface area (Å²) in [6.07, 6.45) is -1.07. The first-order chi connectivity index (χ1) is 13.5. The zero-order valence-electron chi connectivity index (χ0n) is 15.3. The molecular weight excluding hydrogens is 374 g/mol. The summed E-state index contributed by atoms with van der Waals surface area (Å²) in [4.78, 5) is 37.7. The molecule has 0 aliphatic rings. The highest BCUT2D eigenvalue weighted by molar-refractivity contribution is 7.12. The minimum Gasteiger partial charge on any atom is -0.448 e. The Bertz CT molecular complexity index is 950. The highest BCUT2D eigenvalue weighted by Gasteiger charge is 2.26. The fourth-order valence-corrected chi connectivity index (χ4v) is 3.23. The molecule has 0 radical (unpaired) electrons. The van der Waals surface area contributed by atoms with Gasteiger partial charge in [-0.25, -0.2) is 0 Å². The van der Waals surface area contributed by atoms with E-state index >= 15 is 0 Å². The van der Waals surface area contributed by atoms with Crippen LogP contribution in [0.4, 0.5) is 0 Å². The van der Waals surface area contributed by atoms with Crippen LogP contribution in [0.2, 0.25) is 0 Å². The van der Waals surface area contributed by atoms with Crippen molar-refractivity contribution in [1.82, 2.24) is 5.32 Å². The molecular formula is C22H19NO4S. The van der Waals surface area contributed by atoms with E-state index in [9.17, 15) is 14.4 Å². The predicted octanol–water partition coefficient (Wildman–Crippen LogP) is 3.95. The Hall–Kier alpha value is -3.25. The van der Waals surface area contributed by atoms with Crippen molar-refractivity contribution in [3.63, 3.8) is 0 Å². The molecule has 0 saturated carbocycles. The lowest BCUT2D eigenvalue weighted by atomic mass is 9.99. The van der Waals surface area contributed by atoms with Gasteiger partial charge in [0.25, 0.3) is 5.91 Å². The third-order valence-corrected chi connectivity index (χ3v) is 4.93. The molecule has 5 nitrogen and oxygen atoms in total. The number of hydrogen-bond acceptors (Lipinski definition) is 5. The second kappa shape index (κ2) is 9.10. The molecule has 1 aromatic heterocycles. The van der Waals surface area contributed by atoms with E-state index in [1.54, 1.807) is 53.9 Å². The number of hydrogen-bond donors (Lipinski definition) is 1. The molecule has 1 heterocycles. The van der Waals surface area contributed by atoms with Gasteiger partial charge < -0.3 is 10.1 Å². The van der Waals surface area contributed by atoms with E-state index in [-0.39, 0.29) is 18.2 Å². The fourth-order valence-electron chi connectivity index (χ4n) is 2.59. The topological polar surface area (TPSA) is 72.5 Å². The van der Waals surface area contributed by atoms with Crippen LogP contribution in [0.5, 0.6) is 0 Å². The molecule has 0 unspecified atom stereocenters. The largest absolute Gasteiger partial charge is 0.448 e. The Balaban J connectivity index is 1.72. The van der Waals surface area contributed by atoms with Gasteiger partial charge in [-0.2, -0.15) is 0 Å². The molecule has 3 aromatic rings. The number of carbonyl (C=O) groups is 3. The molecule has 6 heteroatoms. The highest BCUT2D eigenvalue weighted by Crippen LogP contribution is 2.23. The molecule has 0 bridgehead atoms. The number of esters is 1. The number of ketones is 1. The van der Waals surface area contributed by atoms with Crippen molar-refractivity contribution in [3.8, 4) is 0 Å². The maximum atomic E-state index is 13.0. The number of Topliss-reactive ketones (excluding diaryl/α,β-unsaturated/α-hetero) is 1. The van der Waals surface area contributed by atoms with Crippen molar-refractivity contribution in [2.75, 3.05) is 6.54 Å². The molecule has 1 N–H and O–H groups in total. The van der Waals surface area contributed by atoms with Gasteiger partial charge in [0, 0.05) is 11.1 Å². The summed E-state index contributed by atoms with van der Waals surface area (Å²) in [5, 5.41) is 4.29. The summed E-state index contributed by atoms with van der Waals surface area (Å²) < 4.78 is 5.45. The standard InChI is InChI=1S/C22H19NO4S/c1-15-9-11-16(12-10-15)20(25)21(17-6-3-2-4-7-17)27-19(24)14-23-22(26)18-8-5-13-28-18/h2-13,21H,14H2,1H3,(H,23,26)/t21-/m0/s1. The zero-order valence-corrected chi connectivity index (χ0v) is 16.1. The summed E-state index contributed by atoms with van der Waals surface area (Å²) >= 11 is 1.28. The minimum atomic E-state index is -1.07. The first-order valence-electron chi connectivity index (χ1n) is 8.71. The van der Waals surface area contributed by atoms with Crippen LogP contribution in [0.3, 0.4) is 0 Å². The molecule has 0 saturated heterocycles. The van der Waals surface area contributed by atoms with Crippen molar-refractivity contribution in [2.24, 2.45) is 0 Å². The number of nitrogens with one attached hydrogen (secondary N) is 1. The lowest BCUT2D eigenvalue weighted by molar-refractivity contribution is -0.146. The Labute approximate surface area is 167 Å². The van der Waals surface area contributed by atoms with Crippen LogP contribution in [0.1, 0.15) is 37.3 Å². The molecule has 142 valence electrons. The third-order valence-electron chi connectivity index (χ3n) is 4.06. The van der Waals surface area contributed by atoms with E-state index in [0.717, 1.165) is 5.56 Å². The highest BCUT2D eigenvalue weighted by atomic mass is 32.1. The lowest BCUT2D eigenvalue weighted by Gasteiger charge is -2.18. The van der Waals surface area contributed by atoms with Crippen LogP contribution in [0.15, 0.2) is 72.1 Å². The Morgan fingerprint density at radius 2 is 1.68 bits per heavy atom. The molecule has 1 amide bonds.